The molecule has 106 valence electrons. The first-order chi connectivity index (χ1) is 10.3. The predicted octanol–water partition coefficient (Wildman–Crippen LogP) is 4.80. The van der Waals surface area contributed by atoms with E-state index in [0.29, 0.717) is 5.69 Å². The normalized spacial score (nSPS) is 17.7. The van der Waals surface area contributed by atoms with Gasteiger partial charge < -0.3 is 10.3 Å². The average molecular weight is 280 g/mol. The number of aryl methyl sites for hydroxylation is 1. The Kier molecular flexibility index (Phi) is 2.92. The van der Waals surface area contributed by atoms with Crippen molar-refractivity contribution in [3.63, 3.8) is 0 Å². The summed E-state index contributed by atoms with van der Waals surface area (Å²) in [5.74, 6) is -0.194. The van der Waals surface area contributed by atoms with Crippen molar-refractivity contribution >= 4 is 16.6 Å². The van der Waals surface area contributed by atoms with Gasteiger partial charge >= 0.3 is 0 Å². The summed E-state index contributed by atoms with van der Waals surface area (Å²) in [4.78, 5) is 3.52. The number of fused-ring (bicyclic) bond motifs is 3. The molecule has 0 aliphatic heterocycles. The van der Waals surface area contributed by atoms with E-state index in [0.717, 1.165) is 19.3 Å². The third-order valence-corrected chi connectivity index (χ3v) is 4.32. The maximum absolute atomic E-state index is 13.9. The Bertz CT molecular complexity index is 791. The zero-order chi connectivity index (χ0) is 14.2. The van der Waals surface area contributed by atoms with Gasteiger partial charge in [0.05, 0.1) is 11.7 Å². The first kappa shape index (κ1) is 12.5. The highest BCUT2D eigenvalue weighted by atomic mass is 19.1. The lowest BCUT2D eigenvalue weighted by Crippen LogP contribution is -2.17. The van der Waals surface area contributed by atoms with Crippen LogP contribution < -0.4 is 5.32 Å². The van der Waals surface area contributed by atoms with E-state index in [-0.39, 0.29) is 11.9 Å². The predicted molar refractivity (Wildman–Crippen MR) is 84.0 cm³/mol. The van der Waals surface area contributed by atoms with Gasteiger partial charge in [0.2, 0.25) is 0 Å². The first-order valence-corrected chi connectivity index (χ1v) is 7.43. The number of para-hydroxylation sites is 2. The fourth-order valence-electron chi connectivity index (χ4n) is 3.33. The molecule has 1 aromatic heterocycles. The second-order valence-corrected chi connectivity index (χ2v) is 5.63. The molecule has 1 unspecified atom stereocenters. The summed E-state index contributed by atoms with van der Waals surface area (Å²) in [6, 6.07) is 15.4. The molecule has 3 heteroatoms. The van der Waals surface area contributed by atoms with Crippen molar-refractivity contribution in [2.75, 3.05) is 5.32 Å². The monoisotopic (exact) mass is 280 g/mol. The number of halogens is 1. The Hall–Kier alpha value is -2.29. The highest BCUT2D eigenvalue weighted by Crippen LogP contribution is 2.36. The molecule has 0 radical (unpaired) electrons. The van der Waals surface area contributed by atoms with E-state index in [1.807, 2.05) is 12.1 Å². The van der Waals surface area contributed by atoms with Gasteiger partial charge in [0.25, 0.3) is 0 Å². The lowest BCUT2D eigenvalue weighted by Gasteiger charge is -2.25. The van der Waals surface area contributed by atoms with Crippen LogP contribution in [0.15, 0.2) is 48.5 Å². The first-order valence-electron chi connectivity index (χ1n) is 7.43. The standard InChI is InChI=1S/C18H17FN2/c19-14-8-2-4-10-16(14)20-17-11-5-7-13-12-6-1-3-9-15(12)21-18(13)17/h1-4,6,8-10,17,20-21H,5,7,11H2. The smallest absolute Gasteiger partial charge is 0.146 e. The van der Waals surface area contributed by atoms with Crippen LogP contribution in [0.5, 0.6) is 0 Å². The van der Waals surface area contributed by atoms with Crippen LogP contribution >= 0.6 is 0 Å². The molecule has 0 bridgehead atoms. The zero-order valence-electron chi connectivity index (χ0n) is 11.7. The van der Waals surface area contributed by atoms with E-state index in [4.69, 9.17) is 0 Å². The number of benzene rings is 2. The van der Waals surface area contributed by atoms with Crippen LogP contribution in [0.4, 0.5) is 10.1 Å². The minimum absolute atomic E-state index is 0.151. The fraction of sp³-hybridized carbons (Fsp3) is 0.222. The average Bonchev–Trinajstić information content (AvgIpc) is 2.89. The third kappa shape index (κ3) is 2.09. The Balaban J connectivity index is 1.75. The van der Waals surface area contributed by atoms with E-state index < -0.39 is 0 Å². The van der Waals surface area contributed by atoms with Crippen LogP contribution in [0.1, 0.15) is 30.1 Å². The molecule has 1 aliphatic carbocycles. The molecule has 4 rings (SSSR count). The Labute approximate surface area is 123 Å². The molecule has 2 nitrogen and oxygen atoms in total. The molecule has 0 fully saturated rings. The number of hydrogen-bond donors (Lipinski definition) is 2. The Morgan fingerprint density at radius 2 is 1.86 bits per heavy atom. The summed E-state index contributed by atoms with van der Waals surface area (Å²) in [5, 5.41) is 4.66. The van der Waals surface area contributed by atoms with Gasteiger partial charge in [-0.2, -0.15) is 0 Å². The van der Waals surface area contributed by atoms with E-state index in [1.54, 1.807) is 12.1 Å². The SMILES string of the molecule is Fc1ccccc1NC1CCCc2c1[nH]c1ccccc21. The van der Waals surface area contributed by atoms with Crippen molar-refractivity contribution in [3.8, 4) is 0 Å². The summed E-state index contributed by atoms with van der Waals surface area (Å²) >= 11 is 0. The lowest BCUT2D eigenvalue weighted by molar-refractivity contribution is 0.580. The molecule has 0 saturated heterocycles. The van der Waals surface area contributed by atoms with E-state index in [9.17, 15) is 4.39 Å². The summed E-state index contributed by atoms with van der Waals surface area (Å²) < 4.78 is 13.9. The molecule has 2 N–H and O–H groups in total. The molecular weight excluding hydrogens is 263 g/mol. The summed E-state index contributed by atoms with van der Waals surface area (Å²) in [6.07, 6.45) is 3.24. The molecular formula is C18H17FN2. The van der Waals surface area contributed by atoms with Gasteiger partial charge in [-0.15, -0.1) is 0 Å². The minimum Gasteiger partial charge on any atom is -0.374 e. The second kappa shape index (κ2) is 4.92. The van der Waals surface area contributed by atoms with Gasteiger partial charge in [-0.05, 0) is 43.0 Å². The summed E-state index contributed by atoms with van der Waals surface area (Å²) in [7, 11) is 0. The van der Waals surface area contributed by atoms with Gasteiger partial charge in [0.1, 0.15) is 5.82 Å². The van der Waals surface area contributed by atoms with E-state index in [1.165, 1.54) is 28.2 Å². The molecule has 3 aromatic rings. The van der Waals surface area contributed by atoms with Crippen molar-refractivity contribution in [1.82, 2.24) is 4.98 Å². The quantitative estimate of drug-likeness (QED) is 0.693. The van der Waals surface area contributed by atoms with Crippen molar-refractivity contribution in [3.05, 3.63) is 65.6 Å². The van der Waals surface area contributed by atoms with Crippen LogP contribution in [0.3, 0.4) is 0 Å². The van der Waals surface area contributed by atoms with Gasteiger partial charge in [0.15, 0.2) is 0 Å². The molecule has 1 aliphatic rings. The lowest BCUT2D eigenvalue weighted by atomic mass is 9.91. The third-order valence-electron chi connectivity index (χ3n) is 4.32. The highest BCUT2D eigenvalue weighted by molar-refractivity contribution is 5.85. The second-order valence-electron chi connectivity index (χ2n) is 5.63. The number of hydrogen-bond acceptors (Lipinski definition) is 1. The number of aromatic nitrogens is 1. The van der Waals surface area contributed by atoms with E-state index >= 15 is 0 Å². The summed E-state index contributed by atoms with van der Waals surface area (Å²) in [5.41, 5.74) is 4.34. The van der Waals surface area contributed by atoms with Crippen LogP contribution in [0, 0.1) is 5.82 Å². The topological polar surface area (TPSA) is 27.8 Å². The summed E-state index contributed by atoms with van der Waals surface area (Å²) in [6.45, 7) is 0. The molecule has 1 heterocycles. The molecule has 0 saturated carbocycles. The van der Waals surface area contributed by atoms with Crippen LogP contribution in [-0.2, 0) is 6.42 Å². The van der Waals surface area contributed by atoms with Gasteiger partial charge in [0, 0.05) is 16.6 Å². The maximum Gasteiger partial charge on any atom is 0.146 e. The molecule has 0 spiro atoms. The largest absolute Gasteiger partial charge is 0.374 e. The number of aromatic amines is 1. The zero-order valence-corrected chi connectivity index (χ0v) is 11.7. The molecule has 21 heavy (non-hydrogen) atoms. The number of rotatable bonds is 2. The fourth-order valence-corrected chi connectivity index (χ4v) is 3.33. The number of anilines is 1. The van der Waals surface area contributed by atoms with Crippen molar-refractivity contribution in [2.24, 2.45) is 0 Å². The minimum atomic E-state index is -0.194. The van der Waals surface area contributed by atoms with Crippen LogP contribution in [0.25, 0.3) is 10.9 Å². The van der Waals surface area contributed by atoms with Crippen LogP contribution in [0.2, 0.25) is 0 Å². The molecule has 0 amide bonds. The molecule has 1 atom stereocenters. The number of nitrogens with one attached hydrogen (secondary N) is 2. The van der Waals surface area contributed by atoms with Crippen molar-refractivity contribution in [1.29, 1.82) is 0 Å². The highest BCUT2D eigenvalue weighted by Gasteiger charge is 2.24. The number of H-pyrrole nitrogens is 1. The van der Waals surface area contributed by atoms with Gasteiger partial charge in [-0.3, -0.25) is 0 Å². The van der Waals surface area contributed by atoms with Crippen LogP contribution in [-0.4, -0.2) is 4.98 Å². The maximum atomic E-state index is 13.9. The molecule has 2 aromatic carbocycles. The van der Waals surface area contributed by atoms with Gasteiger partial charge in [-0.25, -0.2) is 4.39 Å². The van der Waals surface area contributed by atoms with E-state index in [2.05, 4.69) is 28.5 Å². The van der Waals surface area contributed by atoms with Crippen molar-refractivity contribution < 1.29 is 4.39 Å². The van der Waals surface area contributed by atoms with Gasteiger partial charge in [-0.1, -0.05) is 30.3 Å². The van der Waals surface area contributed by atoms with Crippen molar-refractivity contribution in [2.45, 2.75) is 25.3 Å². The Morgan fingerprint density at radius 1 is 1.05 bits per heavy atom. The Morgan fingerprint density at radius 3 is 2.76 bits per heavy atom.